The van der Waals surface area contributed by atoms with Crippen LogP contribution in [-0.4, -0.2) is 25.2 Å². The Morgan fingerprint density at radius 1 is 1.19 bits per heavy atom. The van der Waals surface area contributed by atoms with Gasteiger partial charge in [0.25, 0.3) is 0 Å². The molecule has 0 saturated carbocycles. The van der Waals surface area contributed by atoms with Crippen molar-refractivity contribution in [2.24, 2.45) is 5.92 Å². The molecule has 4 heteroatoms. The van der Waals surface area contributed by atoms with Gasteiger partial charge in [0.2, 0.25) is 5.91 Å². The van der Waals surface area contributed by atoms with Crippen molar-refractivity contribution < 1.29 is 9.53 Å². The van der Waals surface area contributed by atoms with Gasteiger partial charge in [-0.05, 0) is 43.4 Å². The third-order valence-corrected chi connectivity index (χ3v) is 3.64. The van der Waals surface area contributed by atoms with E-state index >= 15 is 0 Å². The highest BCUT2D eigenvalue weighted by molar-refractivity contribution is 6.30. The molecular weight excluding hydrogens is 286 g/mol. The lowest BCUT2D eigenvalue weighted by Gasteiger charge is -2.21. The number of benzene rings is 1. The normalized spacial score (nSPS) is 12.7. The standard InChI is InChI=1S/C17H26ClNO2/c1-12(2)16(14-5-7-15(18)8-6-14)11-17(20)19-9-10-21-13(3)4/h5-8,12-13,16H,9-11H2,1-4H3,(H,19,20). The molecule has 1 aromatic rings. The van der Waals surface area contributed by atoms with Crippen molar-refractivity contribution >= 4 is 17.5 Å². The largest absolute Gasteiger partial charge is 0.377 e. The summed E-state index contributed by atoms with van der Waals surface area (Å²) >= 11 is 5.92. The first-order valence-corrected chi connectivity index (χ1v) is 7.91. The molecule has 1 N–H and O–H groups in total. The third-order valence-electron chi connectivity index (χ3n) is 3.38. The van der Waals surface area contributed by atoms with Crippen LogP contribution in [0.4, 0.5) is 0 Å². The monoisotopic (exact) mass is 311 g/mol. The van der Waals surface area contributed by atoms with E-state index in [1.165, 1.54) is 0 Å². The topological polar surface area (TPSA) is 38.3 Å². The highest BCUT2D eigenvalue weighted by Gasteiger charge is 2.19. The van der Waals surface area contributed by atoms with E-state index in [4.69, 9.17) is 16.3 Å². The molecule has 0 aliphatic carbocycles. The van der Waals surface area contributed by atoms with Gasteiger partial charge in [0.15, 0.2) is 0 Å². The molecule has 0 saturated heterocycles. The Morgan fingerprint density at radius 3 is 2.33 bits per heavy atom. The Labute approximate surface area is 133 Å². The molecule has 0 fully saturated rings. The molecule has 21 heavy (non-hydrogen) atoms. The Morgan fingerprint density at radius 2 is 1.81 bits per heavy atom. The van der Waals surface area contributed by atoms with Crippen molar-refractivity contribution in [2.45, 2.75) is 46.1 Å². The molecule has 0 heterocycles. The SMILES string of the molecule is CC(C)OCCNC(=O)CC(c1ccc(Cl)cc1)C(C)C. The predicted molar refractivity (Wildman–Crippen MR) is 87.7 cm³/mol. The van der Waals surface area contributed by atoms with Crippen LogP contribution < -0.4 is 5.32 Å². The van der Waals surface area contributed by atoms with Gasteiger partial charge in [-0.1, -0.05) is 37.6 Å². The lowest BCUT2D eigenvalue weighted by Crippen LogP contribution is -2.30. The minimum Gasteiger partial charge on any atom is -0.377 e. The maximum atomic E-state index is 12.1. The molecule has 1 unspecified atom stereocenters. The first kappa shape index (κ1) is 18.0. The molecule has 1 rings (SSSR count). The van der Waals surface area contributed by atoms with Crippen molar-refractivity contribution in [3.05, 3.63) is 34.9 Å². The zero-order valence-electron chi connectivity index (χ0n) is 13.4. The summed E-state index contributed by atoms with van der Waals surface area (Å²) in [5, 5.41) is 3.63. The average molecular weight is 312 g/mol. The van der Waals surface area contributed by atoms with Crippen molar-refractivity contribution in [1.29, 1.82) is 0 Å². The number of nitrogens with one attached hydrogen (secondary N) is 1. The van der Waals surface area contributed by atoms with Crippen LogP contribution in [0.1, 0.15) is 45.6 Å². The van der Waals surface area contributed by atoms with Gasteiger partial charge in [-0.25, -0.2) is 0 Å². The minimum absolute atomic E-state index is 0.0657. The van der Waals surface area contributed by atoms with Gasteiger partial charge in [0.1, 0.15) is 0 Å². The summed E-state index contributed by atoms with van der Waals surface area (Å²) < 4.78 is 5.41. The maximum absolute atomic E-state index is 12.1. The van der Waals surface area contributed by atoms with Crippen LogP contribution in [0.15, 0.2) is 24.3 Å². The zero-order chi connectivity index (χ0) is 15.8. The molecule has 3 nitrogen and oxygen atoms in total. The second-order valence-corrected chi connectivity index (χ2v) is 6.31. The fraction of sp³-hybridized carbons (Fsp3) is 0.588. The molecule has 0 bridgehead atoms. The van der Waals surface area contributed by atoms with Gasteiger partial charge in [-0.2, -0.15) is 0 Å². The van der Waals surface area contributed by atoms with Gasteiger partial charge >= 0.3 is 0 Å². The van der Waals surface area contributed by atoms with Gasteiger partial charge in [0.05, 0.1) is 12.7 Å². The number of hydrogen-bond acceptors (Lipinski definition) is 2. The summed E-state index contributed by atoms with van der Waals surface area (Å²) in [6.07, 6.45) is 0.681. The van der Waals surface area contributed by atoms with Gasteiger partial charge in [-0.15, -0.1) is 0 Å². The fourth-order valence-corrected chi connectivity index (χ4v) is 2.33. The highest BCUT2D eigenvalue weighted by Crippen LogP contribution is 2.28. The Balaban J connectivity index is 2.51. The fourth-order valence-electron chi connectivity index (χ4n) is 2.21. The summed E-state index contributed by atoms with van der Waals surface area (Å²) in [5.41, 5.74) is 1.16. The number of carbonyl (C=O) groups is 1. The smallest absolute Gasteiger partial charge is 0.220 e. The second kappa shape index (κ2) is 9.06. The molecular formula is C17H26ClNO2. The van der Waals surface area contributed by atoms with E-state index < -0.39 is 0 Å². The first-order chi connectivity index (χ1) is 9.90. The Bertz CT molecular complexity index is 429. The first-order valence-electron chi connectivity index (χ1n) is 7.54. The Hall–Kier alpha value is -1.06. The van der Waals surface area contributed by atoms with E-state index in [1.54, 1.807) is 0 Å². The van der Waals surface area contributed by atoms with Crippen LogP contribution >= 0.6 is 11.6 Å². The summed E-state index contributed by atoms with van der Waals surface area (Å²) in [5.74, 6) is 0.660. The minimum atomic E-state index is 0.0657. The van der Waals surface area contributed by atoms with Crippen LogP contribution in [0.25, 0.3) is 0 Å². The van der Waals surface area contributed by atoms with Crippen molar-refractivity contribution in [3.8, 4) is 0 Å². The maximum Gasteiger partial charge on any atom is 0.220 e. The van der Waals surface area contributed by atoms with Crippen molar-refractivity contribution in [2.75, 3.05) is 13.2 Å². The third kappa shape index (κ3) is 6.96. The molecule has 1 amide bonds. The molecule has 0 spiro atoms. The van der Waals surface area contributed by atoms with Crippen LogP contribution in [0.5, 0.6) is 0 Å². The summed E-state index contributed by atoms with van der Waals surface area (Å²) in [6, 6.07) is 7.76. The summed E-state index contributed by atoms with van der Waals surface area (Å²) in [4.78, 5) is 12.1. The lowest BCUT2D eigenvalue weighted by atomic mass is 9.85. The number of carbonyl (C=O) groups excluding carboxylic acids is 1. The van der Waals surface area contributed by atoms with E-state index in [9.17, 15) is 4.79 Å². The second-order valence-electron chi connectivity index (χ2n) is 5.88. The van der Waals surface area contributed by atoms with Crippen LogP contribution in [-0.2, 0) is 9.53 Å². The molecule has 1 atom stereocenters. The molecule has 118 valence electrons. The number of halogens is 1. The van der Waals surface area contributed by atoms with E-state index in [-0.39, 0.29) is 17.9 Å². The van der Waals surface area contributed by atoms with Crippen molar-refractivity contribution in [3.63, 3.8) is 0 Å². The number of hydrogen-bond donors (Lipinski definition) is 1. The van der Waals surface area contributed by atoms with Crippen LogP contribution in [0.3, 0.4) is 0 Å². The van der Waals surface area contributed by atoms with Gasteiger partial charge < -0.3 is 10.1 Å². The summed E-state index contributed by atoms with van der Waals surface area (Å²) in [6.45, 7) is 9.34. The molecule has 1 aromatic carbocycles. The van der Waals surface area contributed by atoms with Gasteiger partial charge in [0, 0.05) is 18.0 Å². The number of rotatable bonds is 8. The van der Waals surface area contributed by atoms with E-state index in [2.05, 4.69) is 19.2 Å². The average Bonchev–Trinajstić information content (AvgIpc) is 2.41. The molecule has 0 aliphatic rings. The zero-order valence-corrected chi connectivity index (χ0v) is 14.1. The van der Waals surface area contributed by atoms with Crippen LogP contribution in [0.2, 0.25) is 5.02 Å². The molecule has 0 radical (unpaired) electrons. The van der Waals surface area contributed by atoms with Crippen molar-refractivity contribution in [1.82, 2.24) is 5.32 Å². The number of amides is 1. The molecule has 0 aromatic heterocycles. The van der Waals surface area contributed by atoms with E-state index in [1.807, 2.05) is 38.1 Å². The predicted octanol–water partition coefficient (Wildman–Crippen LogP) is 4.01. The Kier molecular flexibility index (Phi) is 7.76. The lowest BCUT2D eigenvalue weighted by molar-refractivity contribution is -0.122. The van der Waals surface area contributed by atoms with E-state index in [0.29, 0.717) is 25.5 Å². The van der Waals surface area contributed by atoms with E-state index in [0.717, 1.165) is 10.6 Å². The highest BCUT2D eigenvalue weighted by atomic mass is 35.5. The van der Waals surface area contributed by atoms with Crippen LogP contribution in [0, 0.1) is 5.92 Å². The quantitative estimate of drug-likeness (QED) is 0.737. The van der Waals surface area contributed by atoms with Gasteiger partial charge in [-0.3, -0.25) is 4.79 Å². The number of ether oxygens (including phenoxy) is 1. The molecule has 0 aliphatic heterocycles. The summed E-state index contributed by atoms with van der Waals surface area (Å²) in [7, 11) is 0.